The Morgan fingerprint density at radius 2 is 1.18 bits per heavy atom. The maximum atomic E-state index is 13.4. The number of rotatable bonds is 4. The van der Waals surface area contributed by atoms with Gasteiger partial charge in [-0.1, -0.05) is 0 Å². The highest BCUT2D eigenvalue weighted by molar-refractivity contribution is 5.63. The first-order valence-corrected chi connectivity index (χ1v) is 16.0. The van der Waals surface area contributed by atoms with Crippen molar-refractivity contribution in [2.45, 2.75) is 13.0 Å². The average Bonchev–Trinajstić information content (AvgIpc) is 3.12. The quantitative estimate of drug-likeness (QED) is 0.291. The third kappa shape index (κ3) is 7.15. The molecule has 49 heavy (non-hydrogen) atoms. The Bertz CT molecular complexity index is 2250. The molecule has 0 amide bonds. The Morgan fingerprint density at radius 1 is 0.673 bits per heavy atom. The van der Waals surface area contributed by atoms with Crippen LogP contribution in [0.4, 0.5) is 20.2 Å². The molecule has 0 unspecified atom stereocenters. The van der Waals surface area contributed by atoms with Crippen LogP contribution in [-0.4, -0.2) is 80.6 Å². The van der Waals surface area contributed by atoms with Crippen LogP contribution >= 0.6 is 0 Å². The van der Waals surface area contributed by atoms with Crippen molar-refractivity contribution in [2.24, 2.45) is 0 Å². The highest BCUT2D eigenvalue weighted by Gasteiger charge is 2.17. The smallest absolute Gasteiger partial charge is 0.258 e. The van der Waals surface area contributed by atoms with Crippen molar-refractivity contribution in [1.82, 2.24) is 39.4 Å². The Morgan fingerprint density at radius 3 is 1.69 bits per heavy atom. The lowest BCUT2D eigenvalue weighted by molar-refractivity contribution is 0.484. The lowest BCUT2D eigenvalue weighted by Gasteiger charge is -2.33. The first-order chi connectivity index (χ1) is 23.8. The van der Waals surface area contributed by atoms with Gasteiger partial charge in [0.05, 0.1) is 35.2 Å². The average molecular weight is 665 g/mol. The minimum atomic E-state index is -0.456. The second-order valence-corrected chi connectivity index (χ2v) is 12.0. The zero-order valence-electron chi connectivity index (χ0n) is 26.8. The summed E-state index contributed by atoms with van der Waals surface area (Å²) in [5.74, 6) is -0.911. The van der Waals surface area contributed by atoms with Crippen molar-refractivity contribution < 1.29 is 8.78 Å². The van der Waals surface area contributed by atoms with E-state index in [1.807, 2.05) is 36.7 Å². The first kappa shape index (κ1) is 32.0. The molecule has 12 nitrogen and oxygen atoms in total. The van der Waals surface area contributed by atoms with E-state index in [1.54, 1.807) is 0 Å². The third-order valence-corrected chi connectivity index (χ3v) is 8.51. The molecule has 2 aliphatic rings. The SMILES string of the molecule is C[C@H]1CN(c2ccc3nc(-c4cncc(F)c4)cc(=O)n3c2)CCN1.O=c1cc(-c2cncc(F)c2)nc2ccc(N3CCNCC3)cn12. The molecule has 0 spiro atoms. The van der Waals surface area contributed by atoms with Gasteiger partial charge >= 0.3 is 0 Å². The van der Waals surface area contributed by atoms with Crippen LogP contribution < -0.4 is 31.6 Å². The van der Waals surface area contributed by atoms with Gasteiger partial charge in [0.1, 0.15) is 22.9 Å². The standard InChI is InChI=1S/C18H18FN5O.C17H16FN5O/c1-12-10-23(5-4-21-12)15-2-3-17-22-16(7-18(25)24(17)11-15)13-6-14(19)9-20-8-13;18-13-7-12(9-20-10-13)15-8-17(24)23-11-14(1-2-16(23)21-15)22-5-3-19-4-6-22/h2-3,6-9,11-12,21H,4-5,10H2,1H3;1-2,7-11,19H,3-6H2/t12-;/m0./s1. The molecule has 0 aliphatic carbocycles. The van der Waals surface area contributed by atoms with Gasteiger partial charge in [0.15, 0.2) is 0 Å². The van der Waals surface area contributed by atoms with Gasteiger partial charge in [0, 0.05) is 99.9 Å². The fraction of sp³-hybridized carbons (Fsp3) is 0.257. The monoisotopic (exact) mass is 664 g/mol. The van der Waals surface area contributed by atoms with E-state index in [0.29, 0.717) is 39.9 Å². The van der Waals surface area contributed by atoms with E-state index in [9.17, 15) is 18.4 Å². The zero-order chi connectivity index (χ0) is 33.9. The number of pyridine rings is 4. The van der Waals surface area contributed by atoms with Gasteiger partial charge in [0.25, 0.3) is 11.1 Å². The van der Waals surface area contributed by atoms with E-state index >= 15 is 0 Å². The van der Waals surface area contributed by atoms with Gasteiger partial charge in [-0.25, -0.2) is 18.7 Å². The summed E-state index contributed by atoms with van der Waals surface area (Å²) in [5.41, 5.74) is 4.45. The van der Waals surface area contributed by atoms with Gasteiger partial charge in [-0.3, -0.25) is 28.4 Å². The summed E-state index contributed by atoms with van der Waals surface area (Å²) in [6.45, 7) is 8.50. The van der Waals surface area contributed by atoms with E-state index in [4.69, 9.17) is 0 Å². The number of anilines is 2. The van der Waals surface area contributed by atoms with Crippen molar-refractivity contribution in [3.05, 3.63) is 118 Å². The van der Waals surface area contributed by atoms with Crippen LogP contribution in [0.5, 0.6) is 0 Å². The van der Waals surface area contributed by atoms with E-state index < -0.39 is 11.6 Å². The summed E-state index contributed by atoms with van der Waals surface area (Å²) < 4.78 is 29.8. The molecule has 0 bridgehead atoms. The Balaban J connectivity index is 0.000000154. The van der Waals surface area contributed by atoms with E-state index in [2.05, 4.69) is 47.3 Å². The predicted molar refractivity (Wildman–Crippen MR) is 184 cm³/mol. The Labute approximate surface area is 279 Å². The van der Waals surface area contributed by atoms with Crippen LogP contribution in [0.15, 0.2) is 95.3 Å². The van der Waals surface area contributed by atoms with Crippen LogP contribution in [0.2, 0.25) is 0 Å². The van der Waals surface area contributed by atoms with Gasteiger partial charge in [-0.2, -0.15) is 0 Å². The molecule has 1 atom stereocenters. The third-order valence-electron chi connectivity index (χ3n) is 8.51. The van der Waals surface area contributed by atoms with Crippen LogP contribution in [0, 0.1) is 11.6 Å². The van der Waals surface area contributed by atoms with E-state index in [1.165, 1.54) is 45.5 Å². The first-order valence-electron chi connectivity index (χ1n) is 16.0. The van der Waals surface area contributed by atoms with Crippen molar-refractivity contribution in [2.75, 3.05) is 55.6 Å². The number of nitrogens with zero attached hydrogens (tertiary/aromatic N) is 8. The summed E-state index contributed by atoms with van der Waals surface area (Å²) in [6, 6.07) is 13.4. The minimum Gasteiger partial charge on any atom is -0.368 e. The fourth-order valence-corrected chi connectivity index (χ4v) is 6.05. The van der Waals surface area contributed by atoms with Crippen LogP contribution in [0.1, 0.15) is 6.92 Å². The summed E-state index contributed by atoms with van der Waals surface area (Å²) >= 11 is 0. The predicted octanol–water partition coefficient (Wildman–Crippen LogP) is 3.00. The molecule has 0 radical (unpaired) electrons. The number of piperazine rings is 2. The molecular formula is C35H34F2N10O2. The molecule has 8 rings (SSSR count). The van der Waals surface area contributed by atoms with Gasteiger partial charge in [-0.05, 0) is 43.3 Å². The fourth-order valence-electron chi connectivity index (χ4n) is 6.05. The molecule has 2 saturated heterocycles. The van der Waals surface area contributed by atoms with E-state index in [-0.39, 0.29) is 11.1 Å². The number of halogens is 2. The molecule has 2 aliphatic heterocycles. The molecule has 2 fully saturated rings. The molecule has 8 heterocycles. The van der Waals surface area contributed by atoms with E-state index in [0.717, 1.165) is 69.6 Å². The summed E-state index contributed by atoms with van der Waals surface area (Å²) in [7, 11) is 0. The normalized spacial score (nSPS) is 16.4. The molecule has 0 saturated carbocycles. The summed E-state index contributed by atoms with van der Waals surface area (Å²) in [5, 5.41) is 6.71. The van der Waals surface area contributed by atoms with Crippen molar-refractivity contribution in [1.29, 1.82) is 0 Å². The number of fused-ring (bicyclic) bond motifs is 2. The molecule has 6 aromatic rings. The second-order valence-electron chi connectivity index (χ2n) is 12.0. The van der Waals surface area contributed by atoms with Crippen molar-refractivity contribution in [3.63, 3.8) is 0 Å². The maximum Gasteiger partial charge on any atom is 0.258 e. The highest BCUT2D eigenvalue weighted by atomic mass is 19.1. The minimum absolute atomic E-state index is 0.198. The number of nitrogens with one attached hydrogen (secondary N) is 2. The topological polar surface area (TPSA) is 125 Å². The Kier molecular flexibility index (Phi) is 9.05. The molecule has 0 aromatic carbocycles. The molecular weight excluding hydrogens is 630 g/mol. The number of hydrogen-bond acceptors (Lipinski definition) is 10. The van der Waals surface area contributed by atoms with Gasteiger partial charge < -0.3 is 20.4 Å². The molecule has 250 valence electrons. The van der Waals surface area contributed by atoms with Crippen molar-refractivity contribution >= 4 is 22.7 Å². The Hall–Kier alpha value is -5.60. The summed E-state index contributed by atoms with van der Waals surface area (Å²) in [6.07, 6.45) is 8.86. The summed E-state index contributed by atoms with van der Waals surface area (Å²) in [4.78, 5) is 46.0. The van der Waals surface area contributed by atoms with Gasteiger partial charge in [0.2, 0.25) is 0 Å². The van der Waals surface area contributed by atoms with Crippen LogP contribution in [0.25, 0.3) is 33.8 Å². The van der Waals surface area contributed by atoms with Crippen molar-refractivity contribution in [3.8, 4) is 22.5 Å². The molecule has 6 aromatic heterocycles. The molecule has 14 heteroatoms. The van der Waals surface area contributed by atoms with Crippen LogP contribution in [0.3, 0.4) is 0 Å². The molecule has 2 N–H and O–H groups in total. The largest absolute Gasteiger partial charge is 0.368 e. The van der Waals surface area contributed by atoms with Gasteiger partial charge in [-0.15, -0.1) is 0 Å². The lowest BCUT2D eigenvalue weighted by Crippen LogP contribution is -2.49. The zero-order valence-corrected chi connectivity index (χ0v) is 26.8. The maximum absolute atomic E-state index is 13.4. The second kappa shape index (κ2) is 13.9. The van der Waals surface area contributed by atoms with Crippen LogP contribution in [-0.2, 0) is 0 Å². The number of hydrogen-bond donors (Lipinski definition) is 2. The number of aromatic nitrogens is 6. The highest BCUT2D eigenvalue weighted by Crippen LogP contribution is 2.21. The lowest BCUT2D eigenvalue weighted by atomic mass is 10.2.